The van der Waals surface area contributed by atoms with Crippen molar-refractivity contribution in [3.8, 4) is 11.5 Å². The molecular weight excluding hydrogens is 703 g/mol. The van der Waals surface area contributed by atoms with Gasteiger partial charge in [-0.3, -0.25) is 0 Å². The standard InChI is InChI=1S/C23H25S2Si.3C6H5.Sn/c1-26(2,3)18-16-23(25-20-22-13-8-5-9-14-22)15-10-17-24-19-21-11-6-4-7-12-21;3*1-2-4-6-5-3-1;/h4-15H,19-20H2,1-3H3;3*1-5H;. The van der Waals surface area contributed by atoms with Crippen molar-refractivity contribution < 1.29 is 0 Å². The first-order valence-electron chi connectivity index (χ1n) is 15.4. The molecular formula is C41H40S2SiSn. The summed E-state index contributed by atoms with van der Waals surface area (Å²) in [6, 6.07) is 55.5. The third-order valence-electron chi connectivity index (χ3n) is 7.41. The van der Waals surface area contributed by atoms with Crippen LogP contribution in [0.1, 0.15) is 11.1 Å². The first-order chi connectivity index (χ1) is 21.9. The Hall–Kier alpha value is -3.14. The Bertz CT molecular complexity index is 1650. The monoisotopic (exact) mass is 744 g/mol. The molecule has 0 unspecified atom stereocenters. The van der Waals surface area contributed by atoms with Crippen LogP contribution in [0.4, 0.5) is 0 Å². The average molecular weight is 744 g/mol. The fourth-order valence-corrected chi connectivity index (χ4v) is 24.6. The summed E-state index contributed by atoms with van der Waals surface area (Å²) in [5.41, 5.74) is 6.31. The van der Waals surface area contributed by atoms with Crippen molar-refractivity contribution in [3.05, 3.63) is 183 Å². The van der Waals surface area contributed by atoms with E-state index in [-0.39, 0.29) is 0 Å². The van der Waals surface area contributed by atoms with Gasteiger partial charge in [-0.05, 0) is 0 Å². The van der Waals surface area contributed by atoms with Crippen LogP contribution in [0.2, 0.25) is 19.6 Å². The van der Waals surface area contributed by atoms with Crippen LogP contribution in [0.15, 0.2) is 172 Å². The molecule has 0 nitrogen and oxygen atoms in total. The Balaban J connectivity index is 1.73. The molecule has 45 heavy (non-hydrogen) atoms. The fraction of sp³-hybridized carbons (Fsp3) is 0.122. The maximum atomic E-state index is 3.65. The predicted molar refractivity (Wildman–Crippen MR) is 207 cm³/mol. The van der Waals surface area contributed by atoms with Gasteiger partial charge in [-0.15, -0.1) is 0 Å². The Morgan fingerprint density at radius 2 is 0.911 bits per heavy atom. The van der Waals surface area contributed by atoms with Gasteiger partial charge >= 0.3 is 286 Å². The summed E-state index contributed by atoms with van der Waals surface area (Å²) in [6.07, 6.45) is 4.78. The van der Waals surface area contributed by atoms with Gasteiger partial charge in [0.15, 0.2) is 0 Å². The van der Waals surface area contributed by atoms with Crippen molar-refractivity contribution in [3.63, 3.8) is 0 Å². The Morgan fingerprint density at radius 1 is 0.533 bits per heavy atom. The maximum absolute atomic E-state index is 3.80. The fourth-order valence-electron chi connectivity index (χ4n) is 5.27. The van der Waals surface area contributed by atoms with E-state index < -0.39 is 26.5 Å². The van der Waals surface area contributed by atoms with Gasteiger partial charge in [0.2, 0.25) is 0 Å². The second-order valence-electron chi connectivity index (χ2n) is 12.0. The summed E-state index contributed by atoms with van der Waals surface area (Å²) in [6.45, 7) is 6.95. The van der Waals surface area contributed by atoms with Crippen LogP contribution in [0.25, 0.3) is 0 Å². The molecule has 5 rings (SSSR count). The number of hydrogen-bond donors (Lipinski definition) is 0. The molecule has 5 aromatic rings. The molecule has 0 aliphatic carbocycles. The van der Waals surface area contributed by atoms with Crippen molar-refractivity contribution in [2.45, 2.75) is 31.1 Å². The molecule has 0 heterocycles. The van der Waals surface area contributed by atoms with Crippen molar-refractivity contribution in [1.29, 1.82) is 0 Å². The third kappa shape index (κ3) is 9.21. The summed E-state index contributed by atoms with van der Waals surface area (Å²) >= 11 is 0.0520. The van der Waals surface area contributed by atoms with Gasteiger partial charge in [0.05, 0.1) is 0 Å². The van der Waals surface area contributed by atoms with E-state index in [0.717, 1.165) is 16.4 Å². The van der Waals surface area contributed by atoms with Crippen LogP contribution in [0.5, 0.6) is 0 Å². The topological polar surface area (TPSA) is 0 Å². The van der Waals surface area contributed by atoms with E-state index in [1.807, 2.05) is 23.5 Å². The van der Waals surface area contributed by atoms with E-state index in [0.29, 0.717) is 0 Å². The molecule has 0 spiro atoms. The minimum absolute atomic E-state index is 0.901. The van der Waals surface area contributed by atoms with Crippen LogP contribution in [0, 0.1) is 11.5 Å². The van der Waals surface area contributed by atoms with Gasteiger partial charge in [-0.1, -0.05) is 0 Å². The van der Waals surface area contributed by atoms with Crippen LogP contribution >= 0.6 is 23.5 Å². The molecule has 224 valence electrons. The second-order valence-corrected chi connectivity index (χ2v) is 30.5. The molecule has 0 N–H and O–H groups in total. The molecule has 0 aliphatic heterocycles. The predicted octanol–water partition coefficient (Wildman–Crippen LogP) is 9.21. The van der Waals surface area contributed by atoms with Crippen LogP contribution < -0.4 is 10.7 Å². The van der Waals surface area contributed by atoms with Gasteiger partial charge in [-0.2, -0.15) is 0 Å². The molecule has 0 aromatic heterocycles. The number of rotatable bonds is 11. The van der Waals surface area contributed by atoms with Crippen LogP contribution in [-0.4, -0.2) is 26.5 Å². The van der Waals surface area contributed by atoms with Gasteiger partial charge in [0.1, 0.15) is 0 Å². The Morgan fingerprint density at radius 3 is 1.31 bits per heavy atom. The zero-order valence-corrected chi connectivity index (χ0v) is 31.8. The molecule has 0 saturated carbocycles. The van der Waals surface area contributed by atoms with E-state index in [1.165, 1.54) is 24.8 Å². The zero-order valence-electron chi connectivity index (χ0n) is 26.3. The third-order valence-corrected chi connectivity index (χ3v) is 26.4. The number of hydrogen-bond acceptors (Lipinski definition) is 2. The summed E-state index contributed by atoms with van der Waals surface area (Å²) in [4.78, 5) is 1.13. The van der Waals surface area contributed by atoms with Gasteiger partial charge < -0.3 is 0 Å². The van der Waals surface area contributed by atoms with E-state index in [2.05, 4.69) is 195 Å². The molecule has 0 bridgehead atoms. The SMILES string of the molecule is C[Si](C)(C)C#CC(=CC=[C](SCc1ccccc1)[Sn]([c]1ccccc1)([c]1ccccc1)[c]1ccccc1)SCc1ccccc1. The Labute approximate surface area is 284 Å². The van der Waals surface area contributed by atoms with Crippen LogP contribution in [0.3, 0.4) is 0 Å². The molecule has 4 heteroatoms. The first kappa shape index (κ1) is 33.2. The van der Waals surface area contributed by atoms with Crippen molar-refractivity contribution in [2.75, 3.05) is 0 Å². The minimum atomic E-state index is -3.80. The second kappa shape index (κ2) is 16.4. The normalized spacial score (nSPS) is 12.3. The van der Waals surface area contributed by atoms with E-state index >= 15 is 0 Å². The summed E-state index contributed by atoms with van der Waals surface area (Å²) < 4.78 is 5.84. The number of allylic oxidation sites excluding steroid dienone is 3. The quantitative estimate of drug-likeness (QED) is 0.0753. The first-order valence-corrected chi connectivity index (χ1v) is 26.6. The van der Waals surface area contributed by atoms with Gasteiger partial charge in [-0.25, -0.2) is 0 Å². The van der Waals surface area contributed by atoms with Crippen molar-refractivity contribution in [1.82, 2.24) is 0 Å². The van der Waals surface area contributed by atoms with E-state index in [4.69, 9.17) is 0 Å². The molecule has 0 amide bonds. The van der Waals surface area contributed by atoms with Gasteiger partial charge in [0, 0.05) is 0 Å². The van der Waals surface area contributed by atoms with Crippen molar-refractivity contribution >= 4 is 60.7 Å². The number of benzene rings is 5. The number of thioether (sulfide) groups is 2. The van der Waals surface area contributed by atoms with E-state index in [1.54, 1.807) is 0 Å². The molecule has 0 saturated heterocycles. The average Bonchev–Trinajstić information content (AvgIpc) is 3.08. The summed E-state index contributed by atoms with van der Waals surface area (Å²) in [5, 5.41) is 0. The van der Waals surface area contributed by atoms with E-state index in [9.17, 15) is 0 Å². The molecule has 0 atom stereocenters. The summed E-state index contributed by atoms with van der Waals surface area (Å²) in [7, 11) is -1.57. The summed E-state index contributed by atoms with van der Waals surface area (Å²) in [5.74, 6) is 5.45. The van der Waals surface area contributed by atoms with Gasteiger partial charge in [0.25, 0.3) is 0 Å². The molecule has 0 fully saturated rings. The Kier molecular flexibility index (Phi) is 12.1. The molecule has 5 aromatic carbocycles. The molecule has 0 aliphatic rings. The van der Waals surface area contributed by atoms with Crippen molar-refractivity contribution in [2.24, 2.45) is 0 Å². The molecule has 0 radical (unpaired) electrons. The zero-order chi connectivity index (χ0) is 31.4. The van der Waals surface area contributed by atoms with Crippen LogP contribution in [-0.2, 0) is 11.5 Å².